The molecular formula is C17H22ClFN2O2. The summed E-state index contributed by atoms with van der Waals surface area (Å²) in [6, 6.07) is 9.19. The third kappa shape index (κ3) is 5.37. The van der Waals surface area contributed by atoms with E-state index in [1.807, 2.05) is 0 Å². The number of halogens is 2. The van der Waals surface area contributed by atoms with Gasteiger partial charge in [-0.1, -0.05) is 19.8 Å². The van der Waals surface area contributed by atoms with Gasteiger partial charge in [-0.25, -0.2) is 4.39 Å². The number of hydrogen-bond acceptors (Lipinski definition) is 3. The first kappa shape index (κ1) is 19.2. The summed E-state index contributed by atoms with van der Waals surface area (Å²) in [5.41, 5.74) is 6.39. The summed E-state index contributed by atoms with van der Waals surface area (Å²) in [6.45, 7) is 2.49. The summed E-state index contributed by atoms with van der Waals surface area (Å²) in [7, 11) is 0. The molecule has 0 radical (unpaired) electrons. The first-order valence-electron chi connectivity index (χ1n) is 7.50. The van der Waals surface area contributed by atoms with E-state index in [-0.39, 0.29) is 35.9 Å². The summed E-state index contributed by atoms with van der Waals surface area (Å²) < 4.78 is 18.5. The Balaban J connectivity index is 0.00000264. The fourth-order valence-corrected chi connectivity index (χ4v) is 2.19. The number of carbonyl (C=O) groups excluding carboxylic acids is 1. The number of benzene rings is 1. The molecule has 2 aromatic rings. The van der Waals surface area contributed by atoms with E-state index in [0.717, 1.165) is 24.8 Å². The molecule has 0 bridgehead atoms. The van der Waals surface area contributed by atoms with Gasteiger partial charge < -0.3 is 15.5 Å². The average Bonchev–Trinajstić information content (AvgIpc) is 3.02. The van der Waals surface area contributed by atoms with Gasteiger partial charge in [-0.2, -0.15) is 0 Å². The van der Waals surface area contributed by atoms with E-state index in [2.05, 4.69) is 12.2 Å². The molecule has 0 aliphatic carbocycles. The molecule has 0 aliphatic rings. The summed E-state index contributed by atoms with van der Waals surface area (Å²) in [5, 5.41) is 2.87. The third-order valence-corrected chi connectivity index (χ3v) is 3.48. The van der Waals surface area contributed by atoms with E-state index >= 15 is 0 Å². The second kappa shape index (κ2) is 9.33. The lowest BCUT2D eigenvalue weighted by Gasteiger charge is -2.15. The van der Waals surface area contributed by atoms with Crippen LogP contribution in [0.3, 0.4) is 0 Å². The molecule has 6 heteroatoms. The Hall–Kier alpha value is -1.85. The number of carbonyl (C=O) groups is 1. The fraction of sp³-hybridized carbons (Fsp3) is 0.353. The minimum atomic E-state index is -0.310. The van der Waals surface area contributed by atoms with Crippen molar-refractivity contribution in [3.8, 4) is 11.3 Å². The van der Waals surface area contributed by atoms with Gasteiger partial charge >= 0.3 is 0 Å². The molecule has 1 atom stereocenters. The predicted octanol–water partition coefficient (Wildman–Crippen LogP) is 3.75. The quantitative estimate of drug-likeness (QED) is 0.806. The smallest absolute Gasteiger partial charge is 0.287 e. The lowest BCUT2D eigenvalue weighted by Crippen LogP contribution is -2.40. The van der Waals surface area contributed by atoms with Crippen molar-refractivity contribution in [1.29, 1.82) is 0 Å². The second-order valence-electron chi connectivity index (χ2n) is 5.22. The van der Waals surface area contributed by atoms with Crippen LogP contribution in [0.4, 0.5) is 4.39 Å². The van der Waals surface area contributed by atoms with E-state index < -0.39 is 0 Å². The monoisotopic (exact) mass is 340 g/mol. The van der Waals surface area contributed by atoms with E-state index in [0.29, 0.717) is 12.3 Å². The Bertz CT molecular complexity index is 613. The largest absolute Gasteiger partial charge is 0.451 e. The third-order valence-electron chi connectivity index (χ3n) is 3.48. The molecule has 1 amide bonds. The van der Waals surface area contributed by atoms with Gasteiger partial charge in [-0.05, 0) is 42.8 Å². The Labute approximate surface area is 141 Å². The lowest BCUT2D eigenvalue weighted by molar-refractivity contribution is 0.0908. The van der Waals surface area contributed by atoms with Crippen molar-refractivity contribution in [3.05, 3.63) is 48.0 Å². The highest BCUT2D eigenvalue weighted by Crippen LogP contribution is 2.22. The van der Waals surface area contributed by atoms with Gasteiger partial charge in [-0.15, -0.1) is 12.4 Å². The second-order valence-corrected chi connectivity index (χ2v) is 5.22. The zero-order chi connectivity index (χ0) is 15.9. The van der Waals surface area contributed by atoms with Gasteiger partial charge in [0.25, 0.3) is 5.91 Å². The van der Waals surface area contributed by atoms with Crippen molar-refractivity contribution in [2.75, 3.05) is 6.54 Å². The number of nitrogens with one attached hydrogen (secondary N) is 1. The van der Waals surface area contributed by atoms with Crippen LogP contribution in [-0.4, -0.2) is 18.5 Å². The van der Waals surface area contributed by atoms with Crippen LogP contribution in [0.2, 0.25) is 0 Å². The molecule has 0 spiro atoms. The number of rotatable bonds is 7. The van der Waals surface area contributed by atoms with Crippen LogP contribution in [0.5, 0.6) is 0 Å². The summed E-state index contributed by atoms with van der Waals surface area (Å²) in [4.78, 5) is 12.2. The predicted molar refractivity (Wildman–Crippen MR) is 91.2 cm³/mol. The lowest BCUT2D eigenvalue weighted by atomic mass is 10.1. The van der Waals surface area contributed by atoms with Crippen molar-refractivity contribution in [3.63, 3.8) is 0 Å². The van der Waals surface area contributed by atoms with Gasteiger partial charge in [-0.3, -0.25) is 4.79 Å². The van der Waals surface area contributed by atoms with Crippen LogP contribution in [0, 0.1) is 5.82 Å². The Morgan fingerprint density at radius 3 is 2.57 bits per heavy atom. The molecule has 23 heavy (non-hydrogen) atoms. The highest BCUT2D eigenvalue weighted by molar-refractivity contribution is 5.92. The molecule has 0 saturated carbocycles. The van der Waals surface area contributed by atoms with Crippen LogP contribution in [-0.2, 0) is 0 Å². The molecular weight excluding hydrogens is 319 g/mol. The zero-order valence-corrected chi connectivity index (χ0v) is 13.9. The molecule has 0 aliphatic heterocycles. The minimum Gasteiger partial charge on any atom is -0.451 e. The summed E-state index contributed by atoms with van der Waals surface area (Å²) in [6.07, 6.45) is 2.92. The number of hydrogen-bond donors (Lipinski definition) is 2. The van der Waals surface area contributed by atoms with Crippen molar-refractivity contribution in [1.82, 2.24) is 5.32 Å². The van der Waals surface area contributed by atoms with Gasteiger partial charge in [0.15, 0.2) is 5.76 Å². The summed E-state index contributed by atoms with van der Waals surface area (Å²) in [5.74, 6) is 0.173. The Kier molecular flexibility index (Phi) is 7.78. The van der Waals surface area contributed by atoms with E-state index in [9.17, 15) is 9.18 Å². The number of unbranched alkanes of at least 4 members (excludes halogenated alkanes) is 1. The zero-order valence-electron chi connectivity index (χ0n) is 13.0. The molecule has 2 rings (SSSR count). The summed E-state index contributed by atoms with van der Waals surface area (Å²) >= 11 is 0. The van der Waals surface area contributed by atoms with Crippen LogP contribution < -0.4 is 11.1 Å². The number of nitrogens with two attached hydrogens (primary N) is 1. The average molecular weight is 341 g/mol. The first-order valence-corrected chi connectivity index (χ1v) is 7.50. The highest BCUT2D eigenvalue weighted by Gasteiger charge is 2.16. The van der Waals surface area contributed by atoms with Crippen molar-refractivity contribution in [2.45, 2.75) is 32.2 Å². The molecule has 1 heterocycles. The molecule has 1 aromatic carbocycles. The van der Waals surface area contributed by atoms with E-state index in [4.69, 9.17) is 10.2 Å². The molecule has 1 aromatic heterocycles. The molecule has 0 fully saturated rings. The number of amides is 1. The standard InChI is InChI=1S/C17H21FN2O2.ClH/c1-2-3-4-14(11-19)20-17(21)16-10-9-15(22-16)12-5-7-13(18)8-6-12;/h5-10,14H,2-4,11,19H2,1H3,(H,20,21);1H. The van der Waals surface area contributed by atoms with Crippen LogP contribution >= 0.6 is 12.4 Å². The fourth-order valence-electron chi connectivity index (χ4n) is 2.19. The Morgan fingerprint density at radius 1 is 1.26 bits per heavy atom. The van der Waals surface area contributed by atoms with Crippen molar-refractivity contribution < 1.29 is 13.6 Å². The molecule has 126 valence electrons. The highest BCUT2D eigenvalue weighted by atomic mass is 35.5. The Morgan fingerprint density at radius 2 is 1.96 bits per heavy atom. The minimum absolute atomic E-state index is 0. The molecule has 4 nitrogen and oxygen atoms in total. The maximum absolute atomic E-state index is 12.9. The van der Waals surface area contributed by atoms with Crippen LogP contribution in [0.1, 0.15) is 36.7 Å². The van der Waals surface area contributed by atoms with Gasteiger partial charge in [0.05, 0.1) is 0 Å². The van der Waals surface area contributed by atoms with Crippen molar-refractivity contribution >= 4 is 18.3 Å². The maximum atomic E-state index is 12.9. The van der Waals surface area contributed by atoms with Crippen molar-refractivity contribution in [2.24, 2.45) is 5.73 Å². The SMILES string of the molecule is CCCCC(CN)NC(=O)c1ccc(-c2ccc(F)cc2)o1.Cl. The van der Waals surface area contributed by atoms with E-state index in [1.165, 1.54) is 12.1 Å². The first-order chi connectivity index (χ1) is 10.6. The maximum Gasteiger partial charge on any atom is 0.287 e. The molecule has 3 N–H and O–H groups in total. The molecule has 0 saturated heterocycles. The van der Waals surface area contributed by atoms with Crippen LogP contribution in [0.15, 0.2) is 40.8 Å². The van der Waals surface area contributed by atoms with Gasteiger partial charge in [0.2, 0.25) is 0 Å². The van der Waals surface area contributed by atoms with E-state index in [1.54, 1.807) is 24.3 Å². The van der Waals surface area contributed by atoms with Gasteiger partial charge in [0.1, 0.15) is 11.6 Å². The number of furan rings is 1. The topological polar surface area (TPSA) is 68.3 Å². The van der Waals surface area contributed by atoms with Crippen LogP contribution in [0.25, 0.3) is 11.3 Å². The molecule has 1 unspecified atom stereocenters. The normalized spacial score (nSPS) is 11.6. The van der Waals surface area contributed by atoms with Gasteiger partial charge in [0, 0.05) is 18.2 Å².